The summed E-state index contributed by atoms with van der Waals surface area (Å²) in [4.78, 5) is 11.0. The normalized spacial score (nSPS) is 12.1. The number of thioether (sulfide) groups is 1. The van der Waals surface area contributed by atoms with E-state index in [1.807, 2.05) is 19.1 Å². The quantitative estimate of drug-likeness (QED) is 0.803. The van der Waals surface area contributed by atoms with Crippen molar-refractivity contribution in [2.75, 3.05) is 7.11 Å². The van der Waals surface area contributed by atoms with E-state index in [1.165, 1.54) is 7.11 Å². The Labute approximate surface area is 99.8 Å². The van der Waals surface area contributed by atoms with Crippen molar-refractivity contribution in [1.82, 2.24) is 0 Å². The zero-order valence-electron chi connectivity index (χ0n) is 9.47. The van der Waals surface area contributed by atoms with Crippen LogP contribution in [0.4, 0.5) is 0 Å². The number of methoxy groups -OCH3 is 1. The Bertz CT molecular complexity index is 352. The average Bonchev–Trinajstić information content (AvgIpc) is 2.26. The molecule has 0 fully saturated rings. The third-order valence-electron chi connectivity index (χ3n) is 2.13. The molecule has 1 atom stereocenters. The molecule has 3 nitrogen and oxygen atoms in total. The van der Waals surface area contributed by atoms with Crippen LogP contribution in [0.15, 0.2) is 24.3 Å². The summed E-state index contributed by atoms with van der Waals surface area (Å²) in [5.74, 6) is 0.877. The van der Waals surface area contributed by atoms with Gasteiger partial charge in [-0.1, -0.05) is 19.1 Å². The number of hydrogen-bond donors (Lipinski definition) is 1. The lowest BCUT2D eigenvalue weighted by molar-refractivity contribution is -0.140. The predicted octanol–water partition coefficient (Wildman–Crippen LogP) is 2.58. The van der Waals surface area contributed by atoms with Crippen molar-refractivity contribution >= 4 is 17.7 Å². The molecule has 0 saturated heterocycles. The van der Waals surface area contributed by atoms with Crippen LogP contribution in [0.1, 0.15) is 18.9 Å². The van der Waals surface area contributed by atoms with E-state index in [0.717, 1.165) is 11.3 Å². The molecule has 4 heteroatoms. The van der Waals surface area contributed by atoms with Gasteiger partial charge in [-0.2, -0.15) is 11.8 Å². The first kappa shape index (κ1) is 12.9. The molecule has 1 rings (SSSR count). The summed E-state index contributed by atoms with van der Waals surface area (Å²) in [6, 6.07) is 7.15. The van der Waals surface area contributed by atoms with Crippen LogP contribution in [-0.2, 0) is 15.3 Å². The molecule has 88 valence electrons. The maximum atomic E-state index is 11.0. The van der Waals surface area contributed by atoms with E-state index < -0.39 is 0 Å². The second-order valence-corrected chi connectivity index (χ2v) is 5.00. The van der Waals surface area contributed by atoms with Crippen molar-refractivity contribution in [3.63, 3.8) is 0 Å². The molecular formula is C12H16O3S. The summed E-state index contributed by atoms with van der Waals surface area (Å²) >= 11 is 1.67. The van der Waals surface area contributed by atoms with Gasteiger partial charge in [-0.15, -0.1) is 0 Å². The van der Waals surface area contributed by atoms with Crippen molar-refractivity contribution in [2.24, 2.45) is 0 Å². The maximum Gasteiger partial charge on any atom is 0.306 e. The van der Waals surface area contributed by atoms with E-state index >= 15 is 0 Å². The summed E-state index contributed by atoms with van der Waals surface area (Å²) < 4.78 is 4.60. The van der Waals surface area contributed by atoms with Crippen molar-refractivity contribution in [3.05, 3.63) is 29.8 Å². The molecular weight excluding hydrogens is 224 g/mol. The Morgan fingerprint density at radius 2 is 2.31 bits per heavy atom. The first-order valence-electron chi connectivity index (χ1n) is 5.08. The molecule has 0 radical (unpaired) electrons. The minimum atomic E-state index is -0.184. The van der Waals surface area contributed by atoms with Gasteiger partial charge in [0.2, 0.25) is 0 Å². The molecule has 0 aliphatic rings. The predicted molar refractivity (Wildman–Crippen MR) is 65.5 cm³/mol. The zero-order chi connectivity index (χ0) is 12.0. The third kappa shape index (κ3) is 4.57. The Morgan fingerprint density at radius 3 is 2.94 bits per heavy atom. The number of rotatable bonds is 5. The van der Waals surface area contributed by atoms with E-state index in [4.69, 9.17) is 0 Å². The molecule has 1 aromatic rings. The summed E-state index contributed by atoms with van der Waals surface area (Å²) in [5.41, 5.74) is 1.06. The van der Waals surface area contributed by atoms with Crippen molar-refractivity contribution in [2.45, 2.75) is 24.3 Å². The minimum Gasteiger partial charge on any atom is -0.508 e. The SMILES string of the molecule is COC(=O)CC(C)SCc1cccc(O)c1. The van der Waals surface area contributed by atoms with Gasteiger partial charge in [0, 0.05) is 11.0 Å². The number of phenols is 1. The largest absolute Gasteiger partial charge is 0.508 e. The number of esters is 1. The molecule has 16 heavy (non-hydrogen) atoms. The van der Waals surface area contributed by atoms with Crippen LogP contribution in [0, 0.1) is 0 Å². The number of aromatic hydroxyl groups is 1. The van der Waals surface area contributed by atoms with Gasteiger partial charge in [-0.3, -0.25) is 4.79 Å². The van der Waals surface area contributed by atoms with Gasteiger partial charge in [-0.25, -0.2) is 0 Å². The standard InChI is InChI=1S/C12H16O3S/c1-9(6-12(14)15-2)16-8-10-4-3-5-11(13)7-10/h3-5,7,9,13H,6,8H2,1-2H3. The van der Waals surface area contributed by atoms with Gasteiger partial charge in [0.25, 0.3) is 0 Å². The number of ether oxygens (including phenoxy) is 1. The van der Waals surface area contributed by atoms with Crippen LogP contribution in [0.5, 0.6) is 5.75 Å². The van der Waals surface area contributed by atoms with Crippen LogP contribution in [0.2, 0.25) is 0 Å². The Morgan fingerprint density at radius 1 is 1.56 bits per heavy atom. The Hall–Kier alpha value is -1.16. The van der Waals surface area contributed by atoms with Crippen LogP contribution < -0.4 is 0 Å². The molecule has 0 heterocycles. The van der Waals surface area contributed by atoms with E-state index in [9.17, 15) is 9.90 Å². The molecule has 0 aliphatic carbocycles. The Balaban J connectivity index is 2.37. The average molecular weight is 240 g/mol. The van der Waals surface area contributed by atoms with E-state index in [0.29, 0.717) is 6.42 Å². The summed E-state index contributed by atoms with van der Waals surface area (Å²) in [7, 11) is 1.40. The number of phenolic OH excluding ortho intramolecular Hbond substituents is 1. The molecule has 0 bridgehead atoms. The molecule has 1 aromatic carbocycles. The fourth-order valence-corrected chi connectivity index (χ4v) is 2.17. The zero-order valence-corrected chi connectivity index (χ0v) is 10.3. The van der Waals surface area contributed by atoms with Crippen LogP contribution >= 0.6 is 11.8 Å². The van der Waals surface area contributed by atoms with Gasteiger partial charge in [-0.05, 0) is 17.7 Å². The highest BCUT2D eigenvalue weighted by atomic mass is 32.2. The molecule has 1 unspecified atom stereocenters. The highest BCUT2D eigenvalue weighted by molar-refractivity contribution is 7.99. The van der Waals surface area contributed by atoms with E-state index in [-0.39, 0.29) is 17.0 Å². The van der Waals surface area contributed by atoms with E-state index in [2.05, 4.69) is 4.74 Å². The van der Waals surface area contributed by atoms with Gasteiger partial charge in [0.1, 0.15) is 5.75 Å². The van der Waals surface area contributed by atoms with Crippen LogP contribution in [-0.4, -0.2) is 23.4 Å². The topological polar surface area (TPSA) is 46.5 Å². The molecule has 0 spiro atoms. The highest BCUT2D eigenvalue weighted by Crippen LogP contribution is 2.22. The maximum absolute atomic E-state index is 11.0. The van der Waals surface area contributed by atoms with Crippen LogP contribution in [0.3, 0.4) is 0 Å². The first-order chi connectivity index (χ1) is 7.61. The highest BCUT2D eigenvalue weighted by Gasteiger charge is 2.09. The van der Waals surface area contributed by atoms with Gasteiger partial charge in [0.05, 0.1) is 13.5 Å². The monoisotopic (exact) mass is 240 g/mol. The second-order valence-electron chi connectivity index (χ2n) is 3.57. The van der Waals surface area contributed by atoms with Gasteiger partial charge < -0.3 is 9.84 Å². The second kappa shape index (κ2) is 6.43. The summed E-state index contributed by atoms with van der Waals surface area (Å²) in [5, 5.41) is 9.50. The molecule has 0 aromatic heterocycles. The number of benzene rings is 1. The fourth-order valence-electron chi connectivity index (χ4n) is 1.26. The van der Waals surface area contributed by atoms with Gasteiger partial charge >= 0.3 is 5.97 Å². The van der Waals surface area contributed by atoms with Crippen LogP contribution in [0.25, 0.3) is 0 Å². The summed E-state index contributed by atoms with van der Waals surface area (Å²) in [6.07, 6.45) is 0.417. The van der Waals surface area contributed by atoms with Crippen molar-refractivity contribution in [3.8, 4) is 5.75 Å². The van der Waals surface area contributed by atoms with Gasteiger partial charge in [0.15, 0.2) is 0 Å². The number of carbonyl (C=O) groups is 1. The van der Waals surface area contributed by atoms with Crippen molar-refractivity contribution in [1.29, 1.82) is 0 Å². The fraction of sp³-hybridized carbons (Fsp3) is 0.417. The lowest BCUT2D eigenvalue weighted by Crippen LogP contribution is -2.08. The minimum absolute atomic E-state index is 0.184. The van der Waals surface area contributed by atoms with E-state index in [1.54, 1.807) is 23.9 Å². The number of carbonyl (C=O) groups excluding carboxylic acids is 1. The van der Waals surface area contributed by atoms with Crippen molar-refractivity contribution < 1.29 is 14.6 Å². The third-order valence-corrected chi connectivity index (χ3v) is 3.36. The lowest BCUT2D eigenvalue weighted by Gasteiger charge is -2.09. The molecule has 0 aliphatic heterocycles. The molecule has 0 saturated carbocycles. The smallest absolute Gasteiger partial charge is 0.306 e. The number of hydrogen-bond acceptors (Lipinski definition) is 4. The molecule has 1 N–H and O–H groups in total. The Kier molecular flexibility index (Phi) is 5.19. The first-order valence-corrected chi connectivity index (χ1v) is 6.13. The summed E-state index contributed by atoms with van der Waals surface area (Å²) in [6.45, 7) is 1.99. The molecule has 0 amide bonds. The lowest BCUT2D eigenvalue weighted by atomic mass is 10.2.